The molecule has 0 aliphatic rings. The zero-order chi connectivity index (χ0) is 14.4. The van der Waals surface area contributed by atoms with Crippen LogP contribution in [-0.2, 0) is 0 Å². The lowest BCUT2D eigenvalue weighted by molar-refractivity contribution is 0.102. The summed E-state index contributed by atoms with van der Waals surface area (Å²) >= 11 is 1.49. The van der Waals surface area contributed by atoms with Crippen molar-refractivity contribution in [1.29, 1.82) is 0 Å². The van der Waals surface area contributed by atoms with E-state index in [1.54, 1.807) is 14.2 Å². The first kappa shape index (κ1) is 14.5. The summed E-state index contributed by atoms with van der Waals surface area (Å²) < 4.78 is 10.4. The minimum atomic E-state index is 0.116. The minimum absolute atomic E-state index is 0.116. The van der Waals surface area contributed by atoms with Crippen LogP contribution in [0.15, 0.2) is 53.4 Å². The largest absolute Gasteiger partial charge is 0.493 e. The molecule has 0 bridgehead atoms. The molecule has 4 heteroatoms. The number of hydrogen-bond acceptors (Lipinski definition) is 4. The van der Waals surface area contributed by atoms with Gasteiger partial charge in [0.05, 0.1) is 20.0 Å². The van der Waals surface area contributed by atoms with Crippen molar-refractivity contribution < 1.29 is 14.3 Å². The van der Waals surface area contributed by atoms with Crippen molar-refractivity contribution in [2.75, 3.05) is 20.0 Å². The van der Waals surface area contributed by atoms with E-state index in [2.05, 4.69) is 0 Å². The fourth-order valence-corrected chi connectivity index (χ4v) is 2.58. The molecule has 0 spiro atoms. The highest BCUT2D eigenvalue weighted by Crippen LogP contribution is 2.32. The third-order valence-corrected chi connectivity index (χ3v) is 3.81. The van der Waals surface area contributed by atoms with Gasteiger partial charge >= 0.3 is 0 Å². The van der Waals surface area contributed by atoms with E-state index in [4.69, 9.17) is 9.47 Å². The summed E-state index contributed by atoms with van der Waals surface area (Å²) in [5, 5.41) is 0. The van der Waals surface area contributed by atoms with Gasteiger partial charge in [0.2, 0.25) is 0 Å². The van der Waals surface area contributed by atoms with Gasteiger partial charge in [0.1, 0.15) is 0 Å². The fraction of sp³-hybridized carbons (Fsp3) is 0.188. The van der Waals surface area contributed by atoms with Gasteiger partial charge in [0.25, 0.3) is 0 Å². The lowest BCUT2D eigenvalue weighted by Crippen LogP contribution is -2.01. The SMILES string of the molecule is COc1ccc(SCC(=O)c2ccccc2)cc1OC. The summed E-state index contributed by atoms with van der Waals surface area (Å²) in [6.07, 6.45) is 0. The van der Waals surface area contributed by atoms with Gasteiger partial charge < -0.3 is 9.47 Å². The van der Waals surface area contributed by atoms with Crippen LogP contribution in [0.2, 0.25) is 0 Å². The van der Waals surface area contributed by atoms with Crippen LogP contribution in [0, 0.1) is 0 Å². The van der Waals surface area contributed by atoms with E-state index in [0.29, 0.717) is 17.3 Å². The minimum Gasteiger partial charge on any atom is -0.493 e. The Morgan fingerprint density at radius 1 is 1.00 bits per heavy atom. The van der Waals surface area contributed by atoms with Gasteiger partial charge in [0, 0.05) is 10.5 Å². The lowest BCUT2D eigenvalue weighted by atomic mass is 10.2. The molecule has 0 amide bonds. The Balaban J connectivity index is 2.02. The monoisotopic (exact) mass is 288 g/mol. The zero-order valence-corrected chi connectivity index (χ0v) is 12.3. The van der Waals surface area contributed by atoms with Crippen LogP contribution in [0.5, 0.6) is 11.5 Å². The number of rotatable bonds is 6. The van der Waals surface area contributed by atoms with Gasteiger partial charge in [-0.3, -0.25) is 4.79 Å². The molecule has 0 saturated carbocycles. The van der Waals surface area contributed by atoms with E-state index in [1.807, 2.05) is 48.5 Å². The quantitative estimate of drug-likeness (QED) is 0.600. The number of thioether (sulfide) groups is 1. The standard InChI is InChI=1S/C16H16O3S/c1-18-15-9-8-13(10-16(15)19-2)20-11-14(17)12-6-4-3-5-7-12/h3-10H,11H2,1-2H3. The number of carbonyl (C=O) groups is 1. The van der Waals surface area contributed by atoms with Crippen molar-refractivity contribution in [2.24, 2.45) is 0 Å². The van der Waals surface area contributed by atoms with E-state index in [0.717, 1.165) is 10.5 Å². The molecule has 0 heterocycles. The number of carbonyl (C=O) groups excluding carboxylic acids is 1. The van der Waals surface area contributed by atoms with Gasteiger partial charge in [-0.1, -0.05) is 30.3 Å². The van der Waals surface area contributed by atoms with Crippen LogP contribution < -0.4 is 9.47 Å². The molecule has 2 aromatic carbocycles. The van der Waals surface area contributed by atoms with Crippen molar-refractivity contribution in [3.63, 3.8) is 0 Å². The topological polar surface area (TPSA) is 35.5 Å². The Morgan fingerprint density at radius 2 is 1.70 bits per heavy atom. The molecule has 0 unspecified atom stereocenters. The van der Waals surface area contributed by atoms with Crippen LogP contribution in [0.3, 0.4) is 0 Å². The van der Waals surface area contributed by atoms with Crippen LogP contribution in [0.4, 0.5) is 0 Å². The van der Waals surface area contributed by atoms with Crippen LogP contribution >= 0.6 is 11.8 Å². The van der Waals surface area contributed by atoms with Gasteiger partial charge in [-0.2, -0.15) is 0 Å². The molecular formula is C16H16O3S. The van der Waals surface area contributed by atoms with E-state index >= 15 is 0 Å². The zero-order valence-electron chi connectivity index (χ0n) is 11.5. The highest BCUT2D eigenvalue weighted by Gasteiger charge is 2.08. The molecule has 2 aromatic rings. The first-order valence-electron chi connectivity index (χ1n) is 6.17. The molecule has 0 atom stereocenters. The summed E-state index contributed by atoms with van der Waals surface area (Å²) in [4.78, 5) is 13.0. The lowest BCUT2D eigenvalue weighted by Gasteiger charge is -2.09. The molecule has 0 fully saturated rings. The summed E-state index contributed by atoms with van der Waals surface area (Å²) in [5.74, 6) is 1.88. The van der Waals surface area contributed by atoms with Crippen molar-refractivity contribution in [3.05, 3.63) is 54.1 Å². The van der Waals surface area contributed by atoms with Gasteiger partial charge in [-0.15, -0.1) is 11.8 Å². The van der Waals surface area contributed by atoms with Crippen LogP contribution in [0.1, 0.15) is 10.4 Å². The Labute approximate surface area is 122 Å². The van der Waals surface area contributed by atoms with Crippen molar-refractivity contribution >= 4 is 17.5 Å². The van der Waals surface area contributed by atoms with E-state index < -0.39 is 0 Å². The molecule has 2 rings (SSSR count). The predicted octanol–water partition coefficient (Wildman–Crippen LogP) is 3.68. The van der Waals surface area contributed by atoms with Gasteiger partial charge in [-0.25, -0.2) is 0 Å². The molecule has 0 aromatic heterocycles. The third kappa shape index (κ3) is 3.54. The third-order valence-electron chi connectivity index (χ3n) is 2.82. The Bertz CT molecular complexity index is 582. The number of Topliss-reactive ketones (excluding diaryl/α,β-unsaturated/α-hetero) is 1. The number of ether oxygens (including phenoxy) is 2. The maximum absolute atomic E-state index is 12.0. The first-order chi connectivity index (χ1) is 9.74. The maximum atomic E-state index is 12.0. The smallest absolute Gasteiger partial charge is 0.173 e. The summed E-state index contributed by atoms with van der Waals surface area (Å²) in [6, 6.07) is 14.9. The molecular weight excluding hydrogens is 272 g/mol. The molecule has 104 valence electrons. The molecule has 0 saturated heterocycles. The summed E-state index contributed by atoms with van der Waals surface area (Å²) in [7, 11) is 3.20. The average Bonchev–Trinajstić information content (AvgIpc) is 2.53. The number of ketones is 1. The average molecular weight is 288 g/mol. The van der Waals surface area contributed by atoms with Crippen molar-refractivity contribution in [2.45, 2.75) is 4.90 Å². The Kier molecular flexibility index (Phi) is 5.07. The van der Waals surface area contributed by atoms with E-state index in [9.17, 15) is 4.79 Å². The highest BCUT2D eigenvalue weighted by atomic mass is 32.2. The predicted molar refractivity (Wildman–Crippen MR) is 81.0 cm³/mol. The Hall–Kier alpha value is -1.94. The van der Waals surface area contributed by atoms with Gasteiger partial charge in [0.15, 0.2) is 17.3 Å². The second-order valence-corrected chi connectivity index (χ2v) is 5.14. The van der Waals surface area contributed by atoms with Crippen molar-refractivity contribution in [3.8, 4) is 11.5 Å². The van der Waals surface area contributed by atoms with Crippen LogP contribution in [-0.4, -0.2) is 25.8 Å². The second-order valence-electron chi connectivity index (χ2n) is 4.09. The molecule has 0 N–H and O–H groups in total. The highest BCUT2D eigenvalue weighted by molar-refractivity contribution is 8.00. The second kappa shape index (κ2) is 7.01. The molecule has 0 aliphatic heterocycles. The van der Waals surface area contributed by atoms with E-state index in [-0.39, 0.29) is 5.78 Å². The molecule has 20 heavy (non-hydrogen) atoms. The summed E-state index contributed by atoms with van der Waals surface area (Å²) in [5.41, 5.74) is 0.737. The number of benzene rings is 2. The van der Waals surface area contributed by atoms with Crippen LogP contribution in [0.25, 0.3) is 0 Å². The first-order valence-corrected chi connectivity index (χ1v) is 7.16. The number of hydrogen-bond donors (Lipinski definition) is 0. The fourth-order valence-electron chi connectivity index (χ4n) is 1.76. The number of methoxy groups -OCH3 is 2. The molecule has 0 radical (unpaired) electrons. The maximum Gasteiger partial charge on any atom is 0.173 e. The Morgan fingerprint density at radius 3 is 2.35 bits per heavy atom. The molecule has 0 aliphatic carbocycles. The normalized spacial score (nSPS) is 10.1. The van der Waals surface area contributed by atoms with Gasteiger partial charge in [-0.05, 0) is 18.2 Å². The van der Waals surface area contributed by atoms with E-state index in [1.165, 1.54) is 11.8 Å². The molecule has 3 nitrogen and oxygen atoms in total. The summed E-state index contributed by atoms with van der Waals surface area (Å²) in [6.45, 7) is 0. The van der Waals surface area contributed by atoms with Crippen molar-refractivity contribution in [1.82, 2.24) is 0 Å².